The van der Waals surface area contributed by atoms with Gasteiger partial charge in [0.2, 0.25) is 0 Å². The van der Waals surface area contributed by atoms with Crippen molar-refractivity contribution in [2.45, 2.75) is 16.8 Å². The SMILES string of the molecule is Cn1cnnc1Sc1ccc(CN2CCN(CCOc3ccccc3)CC2)o1. The topological polar surface area (TPSA) is 59.6 Å². The Bertz CT molecular complexity index is 858. The van der Waals surface area contributed by atoms with Crippen molar-refractivity contribution in [3.8, 4) is 5.75 Å². The highest BCUT2D eigenvalue weighted by Gasteiger charge is 2.18. The predicted molar refractivity (Wildman–Crippen MR) is 107 cm³/mol. The second-order valence-corrected chi connectivity index (χ2v) is 7.80. The molecule has 28 heavy (non-hydrogen) atoms. The Morgan fingerprint density at radius 2 is 1.82 bits per heavy atom. The minimum Gasteiger partial charge on any atom is -0.492 e. The minimum absolute atomic E-state index is 0.727. The molecule has 0 spiro atoms. The molecule has 0 bridgehead atoms. The Kier molecular flexibility index (Phi) is 6.31. The fraction of sp³-hybridized carbons (Fsp3) is 0.400. The molecule has 1 saturated heterocycles. The molecule has 7 nitrogen and oxygen atoms in total. The van der Waals surface area contributed by atoms with E-state index < -0.39 is 0 Å². The van der Waals surface area contributed by atoms with Gasteiger partial charge in [0.25, 0.3) is 0 Å². The van der Waals surface area contributed by atoms with E-state index in [1.165, 1.54) is 11.8 Å². The summed E-state index contributed by atoms with van der Waals surface area (Å²) in [5, 5.41) is 9.65. The second kappa shape index (κ2) is 9.27. The van der Waals surface area contributed by atoms with Crippen LogP contribution >= 0.6 is 11.8 Å². The highest BCUT2D eigenvalue weighted by atomic mass is 32.2. The molecular weight excluding hydrogens is 374 g/mol. The lowest BCUT2D eigenvalue weighted by Gasteiger charge is -2.34. The van der Waals surface area contributed by atoms with E-state index >= 15 is 0 Å². The first-order valence-corrected chi connectivity index (χ1v) is 10.3. The van der Waals surface area contributed by atoms with Crippen molar-refractivity contribution in [2.24, 2.45) is 7.05 Å². The van der Waals surface area contributed by atoms with E-state index in [1.54, 1.807) is 6.33 Å². The van der Waals surface area contributed by atoms with E-state index in [0.29, 0.717) is 0 Å². The molecule has 1 aliphatic heterocycles. The van der Waals surface area contributed by atoms with Crippen LogP contribution in [0.5, 0.6) is 5.75 Å². The van der Waals surface area contributed by atoms with E-state index in [1.807, 2.05) is 48.0 Å². The third-order valence-corrected chi connectivity index (χ3v) is 5.74. The van der Waals surface area contributed by atoms with Crippen LogP contribution in [0.15, 0.2) is 63.5 Å². The monoisotopic (exact) mass is 399 g/mol. The summed E-state index contributed by atoms with van der Waals surface area (Å²) in [6, 6.07) is 14.1. The summed E-state index contributed by atoms with van der Waals surface area (Å²) in [5.74, 6) is 1.93. The Hall–Kier alpha value is -2.29. The average molecular weight is 400 g/mol. The molecule has 0 saturated carbocycles. The molecule has 0 atom stereocenters. The first-order chi connectivity index (χ1) is 13.8. The summed E-state index contributed by atoms with van der Waals surface area (Å²) in [7, 11) is 1.93. The third kappa shape index (κ3) is 5.15. The van der Waals surface area contributed by atoms with Crippen molar-refractivity contribution in [1.82, 2.24) is 24.6 Å². The standard InChI is InChI=1S/C20H25N5O2S/c1-23-16-21-22-20(23)28-19-8-7-18(27-19)15-25-11-9-24(10-12-25)13-14-26-17-5-3-2-4-6-17/h2-8,16H,9-15H2,1H3. The van der Waals surface area contributed by atoms with Gasteiger partial charge >= 0.3 is 0 Å². The lowest BCUT2D eigenvalue weighted by atomic mass is 10.3. The maximum Gasteiger partial charge on any atom is 0.198 e. The largest absolute Gasteiger partial charge is 0.492 e. The van der Waals surface area contributed by atoms with Crippen LogP contribution in [0.4, 0.5) is 0 Å². The molecule has 0 unspecified atom stereocenters. The zero-order chi connectivity index (χ0) is 19.2. The maximum atomic E-state index is 5.96. The Morgan fingerprint density at radius 3 is 2.57 bits per heavy atom. The number of furan rings is 1. The van der Waals surface area contributed by atoms with Crippen LogP contribution < -0.4 is 4.74 Å². The number of aryl methyl sites for hydroxylation is 1. The molecule has 1 aliphatic rings. The Labute approximate surface area is 169 Å². The van der Waals surface area contributed by atoms with Gasteiger partial charge in [-0.1, -0.05) is 18.2 Å². The van der Waals surface area contributed by atoms with Crippen LogP contribution in [0, 0.1) is 0 Å². The highest BCUT2D eigenvalue weighted by molar-refractivity contribution is 7.99. The van der Waals surface area contributed by atoms with Crippen LogP contribution in [0.2, 0.25) is 0 Å². The van der Waals surface area contributed by atoms with Crippen molar-refractivity contribution in [2.75, 3.05) is 39.3 Å². The lowest BCUT2D eigenvalue weighted by Crippen LogP contribution is -2.46. The van der Waals surface area contributed by atoms with Crippen molar-refractivity contribution in [1.29, 1.82) is 0 Å². The van der Waals surface area contributed by atoms with Crippen LogP contribution in [0.1, 0.15) is 5.76 Å². The number of hydrogen-bond acceptors (Lipinski definition) is 7. The fourth-order valence-corrected chi connectivity index (χ4v) is 3.90. The first-order valence-electron chi connectivity index (χ1n) is 9.49. The van der Waals surface area contributed by atoms with Gasteiger partial charge in [0, 0.05) is 39.8 Å². The summed E-state index contributed by atoms with van der Waals surface area (Å²) in [4.78, 5) is 4.89. The molecule has 1 fully saturated rings. The molecule has 0 N–H and O–H groups in total. The van der Waals surface area contributed by atoms with E-state index in [4.69, 9.17) is 9.15 Å². The van der Waals surface area contributed by atoms with Crippen LogP contribution in [0.25, 0.3) is 0 Å². The quantitative estimate of drug-likeness (QED) is 0.577. The first kappa shape index (κ1) is 19.0. The van der Waals surface area contributed by atoms with Crippen LogP contribution in [-0.4, -0.2) is 63.9 Å². The molecule has 0 aliphatic carbocycles. The second-order valence-electron chi connectivity index (χ2n) is 6.83. The number of para-hydroxylation sites is 1. The van der Waals surface area contributed by atoms with Crippen LogP contribution in [0.3, 0.4) is 0 Å². The summed E-state index contributed by atoms with van der Waals surface area (Å²) < 4.78 is 13.6. The van der Waals surface area contributed by atoms with Gasteiger partial charge in [-0.05, 0) is 36.0 Å². The smallest absolute Gasteiger partial charge is 0.198 e. The minimum atomic E-state index is 0.727. The van der Waals surface area contributed by atoms with Gasteiger partial charge < -0.3 is 13.7 Å². The van der Waals surface area contributed by atoms with Gasteiger partial charge in [-0.15, -0.1) is 10.2 Å². The normalized spacial score (nSPS) is 15.8. The highest BCUT2D eigenvalue weighted by Crippen LogP contribution is 2.27. The van der Waals surface area contributed by atoms with Gasteiger partial charge in [-0.2, -0.15) is 0 Å². The number of ether oxygens (including phenoxy) is 1. The van der Waals surface area contributed by atoms with Crippen molar-refractivity contribution in [3.05, 3.63) is 54.6 Å². The zero-order valence-corrected chi connectivity index (χ0v) is 16.8. The van der Waals surface area contributed by atoms with Crippen molar-refractivity contribution < 1.29 is 9.15 Å². The van der Waals surface area contributed by atoms with E-state index in [0.717, 1.165) is 67.6 Å². The lowest BCUT2D eigenvalue weighted by molar-refractivity contribution is 0.106. The Morgan fingerprint density at radius 1 is 1.04 bits per heavy atom. The molecule has 3 aromatic rings. The molecule has 0 radical (unpaired) electrons. The van der Waals surface area contributed by atoms with Gasteiger partial charge in [0.05, 0.1) is 6.54 Å². The number of piperazine rings is 1. The fourth-order valence-electron chi connectivity index (χ4n) is 3.15. The number of aromatic nitrogens is 3. The molecule has 4 rings (SSSR count). The number of benzene rings is 1. The molecule has 2 aromatic heterocycles. The Balaban J connectivity index is 1.18. The van der Waals surface area contributed by atoms with Gasteiger partial charge in [0.15, 0.2) is 10.2 Å². The molecule has 8 heteroatoms. The van der Waals surface area contributed by atoms with Gasteiger partial charge in [-0.25, -0.2) is 0 Å². The molecule has 3 heterocycles. The maximum absolute atomic E-state index is 5.96. The van der Waals surface area contributed by atoms with E-state index in [2.05, 4.69) is 26.1 Å². The summed E-state index contributed by atoms with van der Waals surface area (Å²) >= 11 is 1.49. The molecule has 1 aromatic carbocycles. The molecule has 0 amide bonds. The van der Waals surface area contributed by atoms with Gasteiger partial charge in [0.1, 0.15) is 24.4 Å². The number of nitrogens with zero attached hydrogens (tertiary/aromatic N) is 5. The number of rotatable bonds is 8. The average Bonchev–Trinajstić information content (AvgIpc) is 3.33. The summed E-state index contributed by atoms with van der Waals surface area (Å²) in [6.07, 6.45) is 1.69. The summed E-state index contributed by atoms with van der Waals surface area (Å²) in [6.45, 7) is 6.72. The number of hydrogen-bond donors (Lipinski definition) is 0. The van der Waals surface area contributed by atoms with Gasteiger partial charge in [-0.3, -0.25) is 9.80 Å². The third-order valence-electron chi connectivity index (χ3n) is 4.76. The summed E-state index contributed by atoms with van der Waals surface area (Å²) in [5.41, 5.74) is 0. The molecule has 148 valence electrons. The van der Waals surface area contributed by atoms with Crippen LogP contribution in [-0.2, 0) is 13.6 Å². The van der Waals surface area contributed by atoms with Crippen molar-refractivity contribution >= 4 is 11.8 Å². The molecular formula is C20H25N5O2S. The predicted octanol–water partition coefficient (Wildman–Crippen LogP) is 2.76. The van der Waals surface area contributed by atoms with Crippen molar-refractivity contribution in [3.63, 3.8) is 0 Å². The zero-order valence-electron chi connectivity index (χ0n) is 16.0. The van der Waals surface area contributed by atoms with E-state index in [-0.39, 0.29) is 0 Å². The van der Waals surface area contributed by atoms with E-state index in [9.17, 15) is 0 Å².